The molecule has 1 aromatic carbocycles. The Kier molecular flexibility index (Phi) is 4.66. The summed E-state index contributed by atoms with van der Waals surface area (Å²) in [5.41, 5.74) is 2.05. The molecule has 0 aliphatic carbocycles. The minimum atomic E-state index is -0.381. The Balaban J connectivity index is 1.87. The van der Waals surface area contributed by atoms with Crippen LogP contribution in [0.3, 0.4) is 0 Å². The van der Waals surface area contributed by atoms with E-state index in [-0.39, 0.29) is 23.4 Å². The SMILES string of the molecule is Cc1ccccc1CCC(=O)NC1CCC(=O)NC1(C)C. The van der Waals surface area contributed by atoms with Crippen molar-refractivity contribution in [1.29, 1.82) is 0 Å². The summed E-state index contributed by atoms with van der Waals surface area (Å²) in [5, 5.41) is 6.01. The van der Waals surface area contributed by atoms with E-state index < -0.39 is 0 Å². The summed E-state index contributed by atoms with van der Waals surface area (Å²) in [6.07, 6.45) is 2.41. The van der Waals surface area contributed by atoms with E-state index in [1.54, 1.807) is 0 Å². The number of carbonyl (C=O) groups excluding carboxylic acids is 2. The van der Waals surface area contributed by atoms with E-state index in [1.165, 1.54) is 11.1 Å². The first kappa shape index (κ1) is 15.5. The second-order valence-corrected chi connectivity index (χ2v) is 6.36. The van der Waals surface area contributed by atoms with Gasteiger partial charge in [0.05, 0.1) is 11.6 Å². The molecule has 0 bridgehead atoms. The maximum Gasteiger partial charge on any atom is 0.220 e. The number of piperidine rings is 1. The molecule has 4 heteroatoms. The number of aryl methyl sites for hydroxylation is 2. The first-order valence-corrected chi connectivity index (χ1v) is 7.53. The van der Waals surface area contributed by atoms with Gasteiger partial charge in [-0.2, -0.15) is 0 Å². The monoisotopic (exact) mass is 288 g/mol. The van der Waals surface area contributed by atoms with Gasteiger partial charge in [0.15, 0.2) is 0 Å². The number of rotatable bonds is 4. The first-order chi connectivity index (χ1) is 9.88. The molecule has 1 aromatic rings. The van der Waals surface area contributed by atoms with Gasteiger partial charge in [-0.05, 0) is 44.7 Å². The van der Waals surface area contributed by atoms with Crippen LogP contribution < -0.4 is 10.6 Å². The lowest BCUT2D eigenvalue weighted by atomic mass is 9.86. The highest BCUT2D eigenvalue weighted by Gasteiger charge is 2.36. The average Bonchev–Trinajstić information content (AvgIpc) is 2.40. The molecule has 2 N–H and O–H groups in total. The molecule has 1 fully saturated rings. The van der Waals surface area contributed by atoms with E-state index in [0.717, 1.165) is 6.42 Å². The molecular weight excluding hydrogens is 264 g/mol. The second kappa shape index (κ2) is 6.29. The number of carbonyl (C=O) groups is 2. The van der Waals surface area contributed by atoms with Gasteiger partial charge in [-0.1, -0.05) is 24.3 Å². The molecule has 1 unspecified atom stereocenters. The molecule has 0 radical (unpaired) electrons. The van der Waals surface area contributed by atoms with Crippen molar-refractivity contribution in [3.8, 4) is 0 Å². The van der Waals surface area contributed by atoms with E-state index in [9.17, 15) is 9.59 Å². The fraction of sp³-hybridized carbons (Fsp3) is 0.529. The minimum Gasteiger partial charge on any atom is -0.351 e. The van der Waals surface area contributed by atoms with Crippen LogP contribution in [-0.4, -0.2) is 23.4 Å². The van der Waals surface area contributed by atoms with Gasteiger partial charge in [0.25, 0.3) is 0 Å². The summed E-state index contributed by atoms with van der Waals surface area (Å²) in [4.78, 5) is 23.6. The number of nitrogens with one attached hydrogen (secondary N) is 2. The van der Waals surface area contributed by atoms with E-state index >= 15 is 0 Å². The zero-order valence-electron chi connectivity index (χ0n) is 13.0. The third kappa shape index (κ3) is 4.06. The summed E-state index contributed by atoms with van der Waals surface area (Å²) in [5.74, 6) is 0.109. The third-order valence-electron chi connectivity index (χ3n) is 4.21. The zero-order chi connectivity index (χ0) is 15.5. The third-order valence-corrected chi connectivity index (χ3v) is 4.21. The molecular formula is C17H24N2O2. The Morgan fingerprint density at radius 2 is 2.10 bits per heavy atom. The van der Waals surface area contributed by atoms with Gasteiger partial charge in [-0.15, -0.1) is 0 Å². The molecule has 0 saturated carbocycles. The van der Waals surface area contributed by atoms with E-state index in [0.29, 0.717) is 19.3 Å². The van der Waals surface area contributed by atoms with Crippen molar-refractivity contribution in [2.45, 2.75) is 58.0 Å². The van der Waals surface area contributed by atoms with Crippen molar-refractivity contribution in [2.75, 3.05) is 0 Å². The highest BCUT2D eigenvalue weighted by molar-refractivity contribution is 5.80. The van der Waals surface area contributed by atoms with Gasteiger partial charge in [-0.25, -0.2) is 0 Å². The van der Waals surface area contributed by atoms with Crippen LogP contribution in [0.5, 0.6) is 0 Å². The first-order valence-electron chi connectivity index (χ1n) is 7.53. The highest BCUT2D eigenvalue weighted by Crippen LogP contribution is 2.20. The van der Waals surface area contributed by atoms with Gasteiger partial charge in [0, 0.05) is 12.8 Å². The summed E-state index contributed by atoms with van der Waals surface area (Å²) < 4.78 is 0. The maximum absolute atomic E-state index is 12.1. The summed E-state index contributed by atoms with van der Waals surface area (Å²) in [7, 11) is 0. The number of hydrogen-bond acceptors (Lipinski definition) is 2. The van der Waals surface area contributed by atoms with E-state index in [4.69, 9.17) is 0 Å². The predicted molar refractivity (Wildman–Crippen MR) is 82.9 cm³/mol. The molecule has 1 aliphatic rings. The lowest BCUT2D eigenvalue weighted by Crippen LogP contribution is -2.62. The number of benzene rings is 1. The quantitative estimate of drug-likeness (QED) is 0.891. The van der Waals surface area contributed by atoms with Gasteiger partial charge < -0.3 is 10.6 Å². The molecule has 0 spiro atoms. The Morgan fingerprint density at radius 3 is 2.76 bits per heavy atom. The number of amides is 2. The molecule has 1 heterocycles. The standard InChI is InChI=1S/C17H24N2O2/c1-12-6-4-5-7-13(12)8-10-15(20)18-14-9-11-16(21)19-17(14,2)3/h4-7,14H,8-11H2,1-3H3,(H,18,20)(H,19,21). The molecule has 21 heavy (non-hydrogen) atoms. The lowest BCUT2D eigenvalue weighted by Gasteiger charge is -2.39. The fourth-order valence-corrected chi connectivity index (χ4v) is 2.80. The van der Waals surface area contributed by atoms with Crippen molar-refractivity contribution < 1.29 is 9.59 Å². The lowest BCUT2D eigenvalue weighted by molar-refractivity contribution is -0.128. The van der Waals surface area contributed by atoms with Crippen LogP contribution in [0.4, 0.5) is 0 Å². The summed E-state index contributed by atoms with van der Waals surface area (Å²) in [6, 6.07) is 8.13. The largest absolute Gasteiger partial charge is 0.351 e. The zero-order valence-corrected chi connectivity index (χ0v) is 13.0. The summed E-state index contributed by atoms with van der Waals surface area (Å²) in [6.45, 7) is 5.97. The van der Waals surface area contributed by atoms with Crippen LogP contribution in [0.1, 0.15) is 44.2 Å². The van der Waals surface area contributed by atoms with Gasteiger partial charge in [0.1, 0.15) is 0 Å². The molecule has 4 nitrogen and oxygen atoms in total. The van der Waals surface area contributed by atoms with Crippen molar-refractivity contribution in [2.24, 2.45) is 0 Å². The van der Waals surface area contributed by atoms with Crippen LogP contribution in [0.15, 0.2) is 24.3 Å². The fourth-order valence-electron chi connectivity index (χ4n) is 2.80. The van der Waals surface area contributed by atoms with Crippen LogP contribution in [0.2, 0.25) is 0 Å². The minimum absolute atomic E-state index is 0.000398. The van der Waals surface area contributed by atoms with Gasteiger partial charge >= 0.3 is 0 Å². The van der Waals surface area contributed by atoms with Crippen molar-refractivity contribution in [3.63, 3.8) is 0 Å². The molecule has 0 aromatic heterocycles. The van der Waals surface area contributed by atoms with E-state index in [2.05, 4.69) is 29.7 Å². The molecule has 1 atom stereocenters. The average molecular weight is 288 g/mol. The van der Waals surface area contributed by atoms with Crippen LogP contribution in [0.25, 0.3) is 0 Å². The number of hydrogen-bond donors (Lipinski definition) is 2. The summed E-state index contributed by atoms with van der Waals surface area (Å²) >= 11 is 0. The Bertz CT molecular complexity index is 537. The molecule has 2 rings (SSSR count). The van der Waals surface area contributed by atoms with Gasteiger partial charge in [0.2, 0.25) is 11.8 Å². The van der Waals surface area contributed by atoms with Crippen molar-refractivity contribution >= 4 is 11.8 Å². The normalized spacial score (nSPS) is 20.7. The van der Waals surface area contributed by atoms with Crippen LogP contribution >= 0.6 is 0 Å². The predicted octanol–water partition coefficient (Wildman–Crippen LogP) is 2.10. The Hall–Kier alpha value is -1.84. The van der Waals surface area contributed by atoms with Crippen molar-refractivity contribution in [3.05, 3.63) is 35.4 Å². The van der Waals surface area contributed by atoms with Crippen LogP contribution in [-0.2, 0) is 16.0 Å². The molecule has 1 saturated heterocycles. The smallest absolute Gasteiger partial charge is 0.220 e. The van der Waals surface area contributed by atoms with Gasteiger partial charge in [-0.3, -0.25) is 9.59 Å². The Labute approximate surface area is 126 Å². The second-order valence-electron chi connectivity index (χ2n) is 6.36. The van der Waals surface area contributed by atoms with Crippen molar-refractivity contribution in [1.82, 2.24) is 10.6 Å². The Morgan fingerprint density at radius 1 is 1.38 bits per heavy atom. The maximum atomic E-state index is 12.1. The molecule has 2 amide bonds. The highest BCUT2D eigenvalue weighted by atomic mass is 16.2. The van der Waals surface area contributed by atoms with Crippen LogP contribution in [0, 0.1) is 6.92 Å². The topological polar surface area (TPSA) is 58.2 Å². The molecule has 1 aliphatic heterocycles. The molecule has 114 valence electrons. The van der Waals surface area contributed by atoms with E-state index in [1.807, 2.05) is 26.0 Å².